The predicted molar refractivity (Wildman–Crippen MR) is 148 cm³/mol. The van der Waals surface area contributed by atoms with Gasteiger partial charge in [0.25, 0.3) is 5.91 Å². The molecule has 1 unspecified atom stereocenters. The van der Waals surface area contributed by atoms with E-state index in [1.807, 2.05) is 13.8 Å². The first-order valence-electron chi connectivity index (χ1n) is 13.9. The Kier molecular flexibility index (Phi) is 9.49. The number of aromatic nitrogens is 2. The van der Waals surface area contributed by atoms with Gasteiger partial charge in [0.15, 0.2) is 0 Å². The van der Waals surface area contributed by atoms with Crippen molar-refractivity contribution in [2.24, 2.45) is 5.92 Å². The van der Waals surface area contributed by atoms with E-state index in [4.69, 9.17) is 4.98 Å². The molecule has 1 fully saturated rings. The first-order valence-corrected chi connectivity index (χ1v) is 13.9. The van der Waals surface area contributed by atoms with E-state index in [0.29, 0.717) is 12.6 Å². The fourth-order valence-electron chi connectivity index (χ4n) is 5.44. The molecule has 2 heterocycles. The lowest BCUT2D eigenvalue weighted by atomic mass is 10.1. The number of hydrogen-bond acceptors (Lipinski definition) is 4. The summed E-state index contributed by atoms with van der Waals surface area (Å²) in [5, 5.41) is 3.58. The minimum atomic E-state index is -0.719. The number of benzene rings is 2. The molecule has 0 bridgehead atoms. The quantitative estimate of drug-likeness (QED) is 0.313. The van der Waals surface area contributed by atoms with E-state index >= 15 is 0 Å². The van der Waals surface area contributed by atoms with Gasteiger partial charge >= 0.3 is 0 Å². The maximum atomic E-state index is 14.5. The van der Waals surface area contributed by atoms with Crippen molar-refractivity contribution in [2.45, 2.75) is 72.1 Å². The number of carbonyl (C=O) groups excluding carboxylic acids is 1. The third-order valence-corrected chi connectivity index (χ3v) is 7.36. The molecule has 0 saturated carbocycles. The van der Waals surface area contributed by atoms with E-state index in [1.54, 1.807) is 4.90 Å². The Morgan fingerprint density at radius 1 is 1.21 bits per heavy atom. The number of hydrogen-bond donors (Lipinski definition) is 1. The molecule has 1 amide bonds. The Balaban J connectivity index is 1.52. The minimum absolute atomic E-state index is 0.154. The number of halogens is 2. The van der Waals surface area contributed by atoms with Crippen LogP contribution in [0.1, 0.15) is 68.2 Å². The van der Waals surface area contributed by atoms with Crippen LogP contribution in [0.2, 0.25) is 0 Å². The van der Waals surface area contributed by atoms with Gasteiger partial charge in [-0.15, -0.1) is 0 Å². The summed E-state index contributed by atoms with van der Waals surface area (Å²) in [6, 6.07) is 10.0. The molecule has 1 aliphatic heterocycles. The van der Waals surface area contributed by atoms with Gasteiger partial charge in [-0.2, -0.15) is 0 Å². The SMILES string of the molecule is CCCn1c(CN(CC(C)C)C(=O)c2cc(F)ccc2F)nc2cc(CNCCC3CCCN3C)ccc21. The van der Waals surface area contributed by atoms with Crippen molar-refractivity contribution in [1.29, 1.82) is 0 Å². The summed E-state index contributed by atoms with van der Waals surface area (Å²) in [5.41, 5.74) is 2.83. The van der Waals surface area contributed by atoms with Gasteiger partial charge in [0, 0.05) is 25.7 Å². The average Bonchev–Trinajstić information content (AvgIpc) is 3.44. The summed E-state index contributed by atoms with van der Waals surface area (Å²) in [4.78, 5) is 22.3. The highest BCUT2D eigenvalue weighted by atomic mass is 19.1. The molecular formula is C30H41F2N5O. The van der Waals surface area contributed by atoms with Gasteiger partial charge in [0.1, 0.15) is 17.5 Å². The molecule has 2 aromatic carbocycles. The van der Waals surface area contributed by atoms with Crippen LogP contribution in [0.4, 0.5) is 8.78 Å². The van der Waals surface area contributed by atoms with Crippen LogP contribution < -0.4 is 5.32 Å². The molecule has 0 spiro atoms. The zero-order valence-electron chi connectivity index (χ0n) is 23.1. The average molecular weight is 526 g/mol. The van der Waals surface area contributed by atoms with Crippen molar-refractivity contribution in [3.8, 4) is 0 Å². The molecular weight excluding hydrogens is 484 g/mol. The number of aryl methyl sites for hydroxylation is 1. The van der Waals surface area contributed by atoms with E-state index in [1.165, 1.54) is 24.9 Å². The zero-order chi connectivity index (χ0) is 27.2. The monoisotopic (exact) mass is 525 g/mol. The molecule has 1 atom stereocenters. The van der Waals surface area contributed by atoms with Crippen molar-refractivity contribution in [3.05, 3.63) is 65.0 Å². The second-order valence-corrected chi connectivity index (χ2v) is 10.9. The number of carbonyl (C=O) groups is 1. The Morgan fingerprint density at radius 2 is 2.03 bits per heavy atom. The Morgan fingerprint density at radius 3 is 2.74 bits per heavy atom. The van der Waals surface area contributed by atoms with Crippen LogP contribution in [0.3, 0.4) is 0 Å². The number of likely N-dealkylation sites (tertiary alicyclic amines) is 1. The van der Waals surface area contributed by atoms with E-state index in [-0.39, 0.29) is 18.0 Å². The molecule has 1 saturated heterocycles. The number of nitrogens with zero attached hydrogens (tertiary/aromatic N) is 4. The zero-order valence-corrected chi connectivity index (χ0v) is 23.1. The first-order chi connectivity index (χ1) is 18.3. The third kappa shape index (κ3) is 6.77. The van der Waals surface area contributed by atoms with E-state index in [0.717, 1.165) is 67.5 Å². The lowest BCUT2D eigenvalue weighted by Gasteiger charge is -2.25. The summed E-state index contributed by atoms with van der Waals surface area (Å²) in [6.07, 6.45) is 4.63. The normalized spacial score (nSPS) is 16.1. The second-order valence-electron chi connectivity index (χ2n) is 10.9. The van der Waals surface area contributed by atoms with Gasteiger partial charge in [-0.05, 0) is 87.6 Å². The van der Waals surface area contributed by atoms with Crippen LogP contribution >= 0.6 is 0 Å². The lowest BCUT2D eigenvalue weighted by Crippen LogP contribution is -2.35. The lowest BCUT2D eigenvalue weighted by molar-refractivity contribution is 0.0711. The summed E-state index contributed by atoms with van der Waals surface area (Å²) >= 11 is 0. The molecule has 38 heavy (non-hydrogen) atoms. The molecule has 3 aromatic rings. The summed E-state index contributed by atoms with van der Waals surface area (Å²) in [5.74, 6) is -0.968. The Labute approximate surface area is 225 Å². The number of nitrogens with one attached hydrogen (secondary N) is 1. The molecule has 206 valence electrons. The summed E-state index contributed by atoms with van der Waals surface area (Å²) in [7, 11) is 2.21. The number of amides is 1. The van der Waals surface area contributed by atoms with Gasteiger partial charge in [-0.25, -0.2) is 13.8 Å². The molecule has 4 rings (SSSR count). The van der Waals surface area contributed by atoms with Gasteiger partial charge < -0.3 is 19.7 Å². The first kappa shape index (κ1) is 28.2. The topological polar surface area (TPSA) is 53.4 Å². The van der Waals surface area contributed by atoms with E-state index < -0.39 is 17.5 Å². The minimum Gasteiger partial charge on any atom is -0.331 e. The van der Waals surface area contributed by atoms with Gasteiger partial charge in [-0.1, -0.05) is 26.8 Å². The highest BCUT2D eigenvalue weighted by Gasteiger charge is 2.24. The van der Waals surface area contributed by atoms with Crippen LogP contribution in [-0.4, -0.2) is 58.0 Å². The smallest absolute Gasteiger partial charge is 0.257 e. The largest absolute Gasteiger partial charge is 0.331 e. The van der Waals surface area contributed by atoms with Crippen LogP contribution in [0.25, 0.3) is 11.0 Å². The molecule has 0 radical (unpaired) electrons. The number of imidazole rings is 1. The predicted octanol–water partition coefficient (Wildman–Crippen LogP) is 5.60. The van der Waals surface area contributed by atoms with Crippen LogP contribution in [-0.2, 0) is 19.6 Å². The fraction of sp³-hybridized carbons (Fsp3) is 0.533. The second kappa shape index (κ2) is 12.8. The van der Waals surface area contributed by atoms with Gasteiger partial charge in [-0.3, -0.25) is 4.79 Å². The van der Waals surface area contributed by atoms with Crippen molar-refractivity contribution < 1.29 is 13.6 Å². The van der Waals surface area contributed by atoms with Crippen molar-refractivity contribution >= 4 is 16.9 Å². The van der Waals surface area contributed by atoms with E-state index in [9.17, 15) is 13.6 Å². The van der Waals surface area contributed by atoms with Crippen molar-refractivity contribution in [1.82, 2.24) is 24.7 Å². The molecule has 1 N–H and O–H groups in total. The summed E-state index contributed by atoms with van der Waals surface area (Å²) < 4.78 is 30.5. The van der Waals surface area contributed by atoms with Crippen molar-refractivity contribution in [3.63, 3.8) is 0 Å². The van der Waals surface area contributed by atoms with Crippen molar-refractivity contribution in [2.75, 3.05) is 26.7 Å². The van der Waals surface area contributed by atoms with Gasteiger partial charge in [0.05, 0.1) is 23.1 Å². The highest BCUT2D eigenvalue weighted by molar-refractivity contribution is 5.94. The molecule has 8 heteroatoms. The van der Waals surface area contributed by atoms with E-state index in [2.05, 4.69) is 47.0 Å². The molecule has 0 aliphatic carbocycles. The van der Waals surface area contributed by atoms with Crippen LogP contribution in [0.5, 0.6) is 0 Å². The summed E-state index contributed by atoms with van der Waals surface area (Å²) in [6.45, 7) is 10.5. The number of fused-ring (bicyclic) bond motifs is 1. The van der Waals surface area contributed by atoms with Crippen LogP contribution in [0, 0.1) is 17.6 Å². The maximum Gasteiger partial charge on any atom is 0.257 e. The Bertz CT molecular complexity index is 1240. The van der Waals surface area contributed by atoms with Crippen LogP contribution in [0.15, 0.2) is 36.4 Å². The molecule has 1 aliphatic rings. The van der Waals surface area contributed by atoms with Gasteiger partial charge in [0.2, 0.25) is 0 Å². The fourth-order valence-corrected chi connectivity index (χ4v) is 5.44. The Hall–Kier alpha value is -2.84. The third-order valence-electron chi connectivity index (χ3n) is 7.36. The standard InChI is InChI=1S/C30H41F2N5O/c1-5-14-37-28-11-8-22(18-33-13-12-24-7-6-15-35(24)4)16-27(28)34-29(37)20-36(19-21(2)3)30(38)25-17-23(31)9-10-26(25)32/h8-11,16-17,21,24,33H,5-7,12-15,18-20H2,1-4H3. The highest BCUT2D eigenvalue weighted by Crippen LogP contribution is 2.22. The molecule has 1 aromatic heterocycles. The molecule has 6 nitrogen and oxygen atoms in total. The number of rotatable bonds is 12. The maximum absolute atomic E-state index is 14.5.